The Labute approximate surface area is 164 Å². The molecular formula is C21H26O7. The number of ether oxygens (including phenoxy) is 3. The van der Waals surface area contributed by atoms with Crippen molar-refractivity contribution in [3.63, 3.8) is 0 Å². The van der Waals surface area contributed by atoms with Crippen molar-refractivity contribution >= 4 is 17.9 Å². The maximum atomic E-state index is 12.0. The normalized spacial score (nSPS) is 26.1. The summed E-state index contributed by atoms with van der Waals surface area (Å²) in [4.78, 5) is 34.8. The maximum Gasteiger partial charge on any atom is 0.336 e. The summed E-state index contributed by atoms with van der Waals surface area (Å²) < 4.78 is 15.8. The minimum atomic E-state index is -0.645. The van der Waals surface area contributed by atoms with E-state index < -0.39 is 18.5 Å². The second-order valence-corrected chi connectivity index (χ2v) is 6.90. The van der Waals surface area contributed by atoms with Crippen molar-refractivity contribution in [2.45, 2.75) is 38.7 Å². The molecule has 0 bridgehead atoms. The SMILES string of the molecule is C=C(CO)C(=O)OC/C1=C\C[C@@H]2C(=C)C(=O)O[C@H]2C/C(COC(C)=O)=C/CC1. The third-order valence-electron chi connectivity index (χ3n) is 4.77. The number of carbonyl (C=O) groups excluding carboxylic acids is 3. The fourth-order valence-corrected chi connectivity index (χ4v) is 3.12. The highest BCUT2D eigenvalue weighted by Crippen LogP contribution is 2.35. The molecule has 152 valence electrons. The number of allylic oxidation sites excluding steroid dienone is 2. The van der Waals surface area contributed by atoms with Crippen LogP contribution in [0, 0.1) is 5.92 Å². The Morgan fingerprint density at radius 1 is 1.25 bits per heavy atom. The molecule has 7 heteroatoms. The van der Waals surface area contributed by atoms with E-state index in [0.717, 1.165) is 11.1 Å². The standard InChI is InChI=1S/C21H26O7/c1-13(10-22)20(24)27-11-16-5-4-6-17(12-26-15(3)23)9-19-18(8-7-16)14(2)21(25)28-19/h6-7,18-19,22H,1-2,4-5,8-12H2,3H3/b16-7-,17-6-/t18-,19+/m1/s1. The average Bonchev–Trinajstić information content (AvgIpc) is 2.93. The Balaban J connectivity index is 2.14. The highest BCUT2D eigenvalue weighted by Gasteiger charge is 2.38. The van der Waals surface area contributed by atoms with E-state index in [2.05, 4.69) is 13.2 Å². The molecule has 0 aromatic rings. The zero-order valence-electron chi connectivity index (χ0n) is 16.1. The molecule has 0 saturated carbocycles. The minimum Gasteiger partial charge on any atom is -0.461 e. The van der Waals surface area contributed by atoms with Gasteiger partial charge < -0.3 is 19.3 Å². The predicted octanol–water partition coefficient (Wildman–Crippen LogP) is 2.17. The Morgan fingerprint density at radius 2 is 1.96 bits per heavy atom. The van der Waals surface area contributed by atoms with Gasteiger partial charge in [-0.1, -0.05) is 25.3 Å². The van der Waals surface area contributed by atoms with Crippen LogP contribution in [-0.4, -0.2) is 48.9 Å². The molecule has 2 rings (SSSR count). The summed E-state index contributed by atoms with van der Waals surface area (Å²) in [6.07, 6.45) is 5.86. The summed E-state index contributed by atoms with van der Waals surface area (Å²) in [6.45, 7) is 8.40. The third-order valence-corrected chi connectivity index (χ3v) is 4.77. The van der Waals surface area contributed by atoms with E-state index in [0.29, 0.717) is 31.3 Å². The monoisotopic (exact) mass is 390 g/mol. The highest BCUT2D eigenvalue weighted by molar-refractivity contribution is 5.91. The molecule has 0 aromatic carbocycles. The molecule has 2 aliphatic rings. The number of hydrogen-bond acceptors (Lipinski definition) is 7. The van der Waals surface area contributed by atoms with Gasteiger partial charge in [-0.3, -0.25) is 4.79 Å². The summed E-state index contributed by atoms with van der Waals surface area (Å²) in [5.74, 6) is -1.63. The zero-order chi connectivity index (χ0) is 20.7. The maximum absolute atomic E-state index is 12.0. The topological polar surface area (TPSA) is 99.1 Å². The number of aliphatic hydroxyl groups is 1. The number of carbonyl (C=O) groups is 3. The smallest absolute Gasteiger partial charge is 0.336 e. The number of rotatable bonds is 6. The molecule has 1 fully saturated rings. The van der Waals surface area contributed by atoms with Crippen LogP contribution < -0.4 is 0 Å². The predicted molar refractivity (Wildman–Crippen MR) is 101 cm³/mol. The first-order chi connectivity index (χ1) is 13.3. The van der Waals surface area contributed by atoms with Crippen LogP contribution in [0.2, 0.25) is 0 Å². The molecule has 0 amide bonds. The Bertz CT molecular complexity index is 729. The largest absolute Gasteiger partial charge is 0.461 e. The third kappa shape index (κ3) is 5.92. The van der Waals surface area contributed by atoms with Gasteiger partial charge in [0.1, 0.15) is 19.3 Å². The Kier molecular flexibility index (Phi) is 7.75. The van der Waals surface area contributed by atoms with Crippen LogP contribution in [0.25, 0.3) is 0 Å². The van der Waals surface area contributed by atoms with E-state index in [9.17, 15) is 14.4 Å². The first-order valence-corrected chi connectivity index (χ1v) is 9.16. The van der Waals surface area contributed by atoms with Crippen LogP contribution in [-0.2, 0) is 28.6 Å². The lowest BCUT2D eigenvalue weighted by Gasteiger charge is -2.20. The van der Waals surface area contributed by atoms with Crippen LogP contribution in [0.4, 0.5) is 0 Å². The van der Waals surface area contributed by atoms with E-state index in [1.165, 1.54) is 6.92 Å². The summed E-state index contributed by atoms with van der Waals surface area (Å²) in [7, 11) is 0. The number of aliphatic hydroxyl groups excluding tert-OH is 1. The highest BCUT2D eigenvalue weighted by atomic mass is 16.6. The molecule has 28 heavy (non-hydrogen) atoms. The van der Waals surface area contributed by atoms with E-state index in [1.807, 2.05) is 12.2 Å². The minimum absolute atomic E-state index is 0.00717. The molecule has 2 atom stereocenters. The van der Waals surface area contributed by atoms with Crippen LogP contribution in [0.3, 0.4) is 0 Å². The molecule has 1 aliphatic heterocycles. The molecule has 0 spiro atoms. The van der Waals surface area contributed by atoms with Crippen molar-refractivity contribution in [3.8, 4) is 0 Å². The Hall–Kier alpha value is -2.67. The summed E-state index contributed by atoms with van der Waals surface area (Å²) in [5, 5.41) is 8.95. The van der Waals surface area contributed by atoms with Gasteiger partial charge in [-0.05, 0) is 30.4 Å². The molecule has 0 radical (unpaired) electrons. The second kappa shape index (κ2) is 10.0. The quantitative estimate of drug-likeness (QED) is 0.321. The van der Waals surface area contributed by atoms with Gasteiger partial charge in [0.2, 0.25) is 0 Å². The molecule has 1 aliphatic carbocycles. The van der Waals surface area contributed by atoms with Crippen LogP contribution >= 0.6 is 0 Å². The summed E-state index contributed by atoms with van der Waals surface area (Å²) in [5.41, 5.74) is 2.17. The van der Waals surface area contributed by atoms with E-state index in [-0.39, 0.29) is 36.8 Å². The molecule has 0 unspecified atom stereocenters. The molecule has 1 N–H and O–H groups in total. The number of esters is 3. The zero-order valence-corrected chi connectivity index (χ0v) is 16.1. The van der Waals surface area contributed by atoms with E-state index in [4.69, 9.17) is 19.3 Å². The van der Waals surface area contributed by atoms with Gasteiger partial charge in [0.05, 0.1) is 12.2 Å². The first kappa shape index (κ1) is 21.6. The number of fused-ring (bicyclic) bond motifs is 1. The summed E-state index contributed by atoms with van der Waals surface area (Å²) >= 11 is 0. The van der Waals surface area contributed by atoms with Crippen LogP contribution in [0.15, 0.2) is 47.6 Å². The van der Waals surface area contributed by atoms with Gasteiger partial charge in [-0.25, -0.2) is 9.59 Å². The number of hydrogen-bond donors (Lipinski definition) is 1. The lowest BCUT2D eigenvalue weighted by molar-refractivity contribution is -0.141. The van der Waals surface area contributed by atoms with Crippen molar-refractivity contribution in [2.24, 2.45) is 5.92 Å². The van der Waals surface area contributed by atoms with Gasteiger partial charge in [-0.2, -0.15) is 0 Å². The van der Waals surface area contributed by atoms with Gasteiger partial charge >= 0.3 is 17.9 Å². The Morgan fingerprint density at radius 3 is 2.64 bits per heavy atom. The lowest BCUT2D eigenvalue weighted by atomic mass is 9.87. The fraction of sp³-hybridized carbons (Fsp3) is 0.476. The second-order valence-electron chi connectivity index (χ2n) is 6.90. The van der Waals surface area contributed by atoms with Crippen LogP contribution in [0.5, 0.6) is 0 Å². The average molecular weight is 390 g/mol. The van der Waals surface area contributed by atoms with E-state index in [1.54, 1.807) is 0 Å². The lowest BCUT2D eigenvalue weighted by Crippen LogP contribution is -2.20. The van der Waals surface area contributed by atoms with E-state index >= 15 is 0 Å². The van der Waals surface area contributed by atoms with Gasteiger partial charge in [-0.15, -0.1) is 0 Å². The molecule has 0 aromatic heterocycles. The van der Waals surface area contributed by atoms with Gasteiger partial charge in [0, 0.05) is 24.8 Å². The van der Waals surface area contributed by atoms with Crippen molar-refractivity contribution in [2.75, 3.05) is 19.8 Å². The van der Waals surface area contributed by atoms with Crippen molar-refractivity contribution in [1.82, 2.24) is 0 Å². The van der Waals surface area contributed by atoms with Gasteiger partial charge in [0.25, 0.3) is 0 Å². The molecular weight excluding hydrogens is 364 g/mol. The molecule has 1 saturated heterocycles. The summed E-state index contributed by atoms with van der Waals surface area (Å²) in [6, 6.07) is 0. The fourth-order valence-electron chi connectivity index (χ4n) is 3.12. The van der Waals surface area contributed by atoms with Crippen molar-refractivity contribution < 1.29 is 33.7 Å². The van der Waals surface area contributed by atoms with Crippen molar-refractivity contribution in [1.29, 1.82) is 0 Å². The molecule has 1 heterocycles. The first-order valence-electron chi connectivity index (χ1n) is 9.16. The van der Waals surface area contributed by atoms with Gasteiger partial charge in [0.15, 0.2) is 0 Å². The molecule has 7 nitrogen and oxygen atoms in total. The van der Waals surface area contributed by atoms with Crippen molar-refractivity contribution in [3.05, 3.63) is 47.6 Å². The van der Waals surface area contributed by atoms with Crippen LogP contribution in [0.1, 0.15) is 32.6 Å².